The Morgan fingerprint density at radius 3 is 2.46 bits per heavy atom. The van der Waals surface area contributed by atoms with Gasteiger partial charge in [0, 0.05) is 12.6 Å². The topological polar surface area (TPSA) is 55.2 Å². The first kappa shape index (κ1) is 17.5. The van der Waals surface area contributed by atoms with Crippen LogP contribution in [0.1, 0.15) is 10.5 Å². The van der Waals surface area contributed by atoms with E-state index in [0.29, 0.717) is 10.6 Å². The smallest absolute Gasteiger partial charge is 0.324 e. The summed E-state index contributed by atoms with van der Waals surface area (Å²) >= 11 is 0. The molecule has 2 rings (SSSR count). The van der Waals surface area contributed by atoms with Crippen LogP contribution in [-0.4, -0.2) is 39.9 Å². The van der Waals surface area contributed by atoms with Crippen molar-refractivity contribution in [1.82, 2.24) is 14.7 Å². The largest absolute Gasteiger partial charge is 0.406 e. The molecule has 5 nitrogen and oxygen atoms in total. The van der Waals surface area contributed by atoms with Gasteiger partial charge in [-0.05, 0) is 18.2 Å². The Morgan fingerprint density at radius 2 is 1.88 bits per heavy atom. The highest BCUT2D eigenvalue weighted by Gasteiger charge is 2.33. The van der Waals surface area contributed by atoms with Crippen molar-refractivity contribution in [3.63, 3.8) is 0 Å². The van der Waals surface area contributed by atoms with E-state index in [2.05, 4.69) is 11.7 Å². The van der Waals surface area contributed by atoms with E-state index in [1.807, 2.05) is 0 Å². The number of halogens is 3. The van der Waals surface area contributed by atoms with Crippen molar-refractivity contribution in [1.29, 1.82) is 0 Å². The van der Waals surface area contributed by atoms with Crippen LogP contribution in [0.4, 0.5) is 13.2 Å². The molecule has 0 unspecified atom stereocenters. The fourth-order valence-corrected chi connectivity index (χ4v) is 2.03. The van der Waals surface area contributed by atoms with Crippen LogP contribution in [0.3, 0.4) is 0 Å². The molecule has 0 saturated carbocycles. The van der Waals surface area contributed by atoms with Crippen LogP contribution in [-0.2, 0) is 0 Å². The summed E-state index contributed by atoms with van der Waals surface area (Å²) in [5.74, 6) is -0.933. The molecular weight excluding hydrogens is 323 g/mol. The molecule has 0 aliphatic heterocycles. The lowest BCUT2D eigenvalue weighted by molar-refractivity contribution is -0.139. The molecule has 0 bridgehead atoms. The molecule has 0 atom stereocenters. The summed E-state index contributed by atoms with van der Waals surface area (Å²) in [6.45, 7) is 1.64. The van der Waals surface area contributed by atoms with Crippen molar-refractivity contribution in [2.45, 2.75) is 6.18 Å². The average Bonchev–Trinajstić information content (AvgIpc) is 2.54. The summed E-state index contributed by atoms with van der Waals surface area (Å²) in [5.41, 5.74) is -0.350. The molecule has 0 spiro atoms. The first-order chi connectivity index (χ1) is 11.3. The highest BCUT2D eigenvalue weighted by Crippen LogP contribution is 2.17. The van der Waals surface area contributed by atoms with Gasteiger partial charge >= 0.3 is 6.18 Å². The molecule has 8 heteroatoms. The summed E-state index contributed by atoms with van der Waals surface area (Å²) < 4.78 is 38.8. The number of nitrogens with zero attached hydrogens (tertiary/aromatic N) is 3. The van der Waals surface area contributed by atoms with Gasteiger partial charge in [0.25, 0.3) is 11.5 Å². The third-order valence-corrected chi connectivity index (χ3v) is 3.03. The SMILES string of the molecule is C=CCN(CC(F)(F)F)C(=O)c1ccc(=O)n(-c2ccccc2)n1. The van der Waals surface area contributed by atoms with Gasteiger partial charge in [-0.15, -0.1) is 6.58 Å². The van der Waals surface area contributed by atoms with Gasteiger partial charge in [0.2, 0.25) is 0 Å². The van der Waals surface area contributed by atoms with Crippen LogP contribution in [0.25, 0.3) is 5.69 Å². The van der Waals surface area contributed by atoms with Crippen LogP contribution >= 0.6 is 0 Å². The van der Waals surface area contributed by atoms with Crippen molar-refractivity contribution >= 4 is 5.91 Å². The molecule has 0 radical (unpaired) electrons. The Morgan fingerprint density at radius 1 is 1.21 bits per heavy atom. The number of para-hydroxylation sites is 1. The normalized spacial score (nSPS) is 11.1. The Bertz CT molecular complexity index is 785. The number of amides is 1. The molecule has 0 aliphatic carbocycles. The summed E-state index contributed by atoms with van der Waals surface area (Å²) in [5, 5.41) is 3.89. The van der Waals surface area contributed by atoms with Gasteiger partial charge in [0.15, 0.2) is 0 Å². The second-order valence-electron chi connectivity index (χ2n) is 4.89. The fourth-order valence-electron chi connectivity index (χ4n) is 2.03. The third-order valence-electron chi connectivity index (χ3n) is 3.03. The summed E-state index contributed by atoms with van der Waals surface area (Å²) in [6, 6.07) is 10.5. The van der Waals surface area contributed by atoms with Gasteiger partial charge in [-0.3, -0.25) is 9.59 Å². The van der Waals surface area contributed by atoms with E-state index in [0.717, 1.165) is 16.8 Å². The number of hydrogen-bond acceptors (Lipinski definition) is 3. The average molecular weight is 337 g/mol. The summed E-state index contributed by atoms with van der Waals surface area (Å²) in [4.78, 5) is 24.8. The van der Waals surface area contributed by atoms with Gasteiger partial charge in [0.05, 0.1) is 5.69 Å². The molecule has 1 aromatic carbocycles. The van der Waals surface area contributed by atoms with Gasteiger partial charge < -0.3 is 4.90 Å². The van der Waals surface area contributed by atoms with E-state index in [9.17, 15) is 22.8 Å². The molecular formula is C16H14F3N3O2. The van der Waals surface area contributed by atoms with Crippen LogP contribution < -0.4 is 5.56 Å². The first-order valence-electron chi connectivity index (χ1n) is 6.94. The van der Waals surface area contributed by atoms with E-state index < -0.39 is 24.2 Å². The number of rotatable bonds is 5. The highest BCUT2D eigenvalue weighted by atomic mass is 19.4. The third kappa shape index (κ3) is 4.31. The highest BCUT2D eigenvalue weighted by molar-refractivity contribution is 5.92. The zero-order chi connectivity index (χ0) is 17.7. The van der Waals surface area contributed by atoms with Crippen LogP contribution in [0.5, 0.6) is 0 Å². The van der Waals surface area contributed by atoms with E-state index in [4.69, 9.17) is 0 Å². The Kier molecular flexibility index (Phi) is 5.18. The monoisotopic (exact) mass is 337 g/mol. The van der Waals surface area contributed by atoms with E-state index >= 15 is 0 Å². The van der Waals surface area contributed by atoms with Crippen molar-refractivity contribution in [3.8, 4) is 5.69 Å². The van der Waals surface area contributed by atoms with Crippen LogP contribution in [0.15, 0.2) is 59.9 Å². The molecule has 2 aromatic rings. The lowest BCUT2D eigenvalue weighted by Crippen LogP contribution is -2.40. The lowest BCUT2D eigenvalue weighted by atomic mass is 10.3. The molecule has 0 saturated heterocycles. The van der Waals surface area contributed by atoms with Crippen molar-refractivity contribution < 1.29 is 18.0 Å². The predicted molar refractivity (Wildman–Crippen MR) is 82.0 cm³/mol. The molecule has 0 aliphatic rings. The predicted octanol–water partition coefficient (Wildman–Crippen LogP) is 2.42. The molecule has 24 heavy (non-hydrogen) atoms. The van der Waals surface area contributed by atoms with Crippen LogP contribution in [0.2, 0.25) is 0 Å². The number of alkyl halides is 3. The number of carbonyl (C=O) groups excluding carboxylic acids is 1. The Labute approximate surface area is 135 Å². The lowest BCUT2D eigenvalue weighted by Gasteiger charge is -2.22. The Balaban J connectivity index is 2.39. The molecule has 1 amide bonds. The summed E-state index contributed by atoms with van der Waals surface area (Å²) in [6.07, 6.45) is -3.36. The van der Waals surface area contributed by atoms with Gasteiger partial charge in [0.1, 0.15) is 12.2 Å². The Hall–Kier alpha value is -2.90. The fraction of sp³-hybridized carbons (Fsp3) is 0.188. The molecule has 126 valence electrons. The zero-order valence-corrected chi connectivity index (χ0v) is 12.5. The summed E-state index contributed by atoms with van der Waals surface area (Å²) in [7, 11) is 0. The number of hydrogen-bond donors (Lipinski definition) is 0. The van der Waals surface area contributed by atoms with E-state index in [1.54, 1.807) is 30.3 Å². The first-order valence-corrected chi connectivity index (χ1v) is 6.94. The number of carbonyl (C=O) groups is 1. The maximum atomic E-state index is 12.6. The van der Waals surface area contributed by atoms with Crippen molar-refractivity contribution in [2.24, 2.45) is 0 Å². The van der Waals surface area contributed by atoms with Gasteiger partial charge in [-0.25, -0.2) is 0 Å². The molecule has 1 aromatic heterocycles. The maximum absolute atomic E-state index is 12.6. The quantitative estimate of drug-likeness (QED) is 0.788. The molecule has 0 N–H and O–H groups in total. The maximum Gasteiger partial charge on any atom is 0.406 e. The van der Waals surface area contributed by atoms with Crippen LogP contribution in [0, 0.1) is 0 Å². The van der Waals surface area contributed by atoms with E-state index in [1.165, 1.54) is 6.08 Å². The number of aromatic nitrogens is 2. The minimum Gasteiger partial charge on any atom is -0.324 e. The zero-order valence-electron chi connectivity index (χ0n) is 12.5. The molecule has 1 heterocycles. The van der Waals surface area contributed by atoms with Gasteiger partial charge in [-0.1, -0.05) is 24.3 Å². The van der Waals surface area contributed by atoms with Crippen molar-refractivity contribution in [2.75, 3.05) is 13.1 Å². The van der Waals surface area contributed by atoms with Gasteiger partial charge in [-0.2, -0.15) is 23.0 Å². The minimum absolute atomic E-state index is 0.260. The molecule has 0 fully saturated rings. The second-order valence-corrected chi connectivity index (χ2v) is 4.89. The minimum atomic E-state index is -4.55. The second kappa shape index (κ2) is 7.12. The number of benzene rings is 1. The van der Waals surface area contributed by atoms with Crippen molar-refractivity contribution in [3.05, 3.63) is 71.2 Å². The van der Waals surface area contributed by atoms with E-state index in [-0.39, 0.29) is 12.2 Å². The standard InChI is InChI=1S/C16H14F3N3O2/c1-2-10-21(11-16(17,18)19)15(24)13-8-9-14(23)22(20-13)12-6-4-3-5-7-12/h2-9H,1,10-11H2.